The molecular weight excluding hydrogens is 392 g/mol. The predicted octanol–water partition coefficient (Wildman–Crippen LogP) is 3.21. The maximum atomic E-state index is 13.2. The first-order valence-electron chi connectivity index (χ1n) is 11.0. The summed E-state index contributed by atoms with van der Waals surface area (Å²) in [5.74, 6) is 0.0101. The van der Waals surface area contributed by atoms with Crippen LogP contribution < -0.4 is 4.74 Å². The van der Waals surface area contributed by atoms with E-state index in [0.29, 0.717) is 38.3 Å². The number of amides is 1. The first kappa shape index (κ1) is 21.4. The second kappa shape index (κ2) is 9.10. The second-order valence-corrected chi connectivity index (χ2v) is 8.71. The third-order valence-electron chi connectivity index (χ3n) is 6.85. The summed E-state index contributed by atoms with van der Waals surface area (Å²) >= 11 is 0. The van der Waals surface area contributed by atoms with Crippen molar-refractivity contribution in [2.45, 2.75) is 38.3 Å². The molecule has 31 heavy (non-hydrogen) atoms. The number of carbonyl (C=O) groups excluding carboxylic acids is 1. The maximum absolute atomic E-state index is 13.2. The van der Waals surface area contributed by atoms with E-state index in [1.165, 1.54) is 0 Å². The zero-order valence-electron chi connectivity index (χ0n) is 18.0. The zero-order valence-corrected chi connectivity index (χ0v) is 18.0. The summed E-state index contributed by atoms with van der Waals surface area (Å²) in [7, 11) is 1.97. The molecule has 0 bridgehead atoms. The Hall–Kier alpha value is -2.86. The predicted molar refractivity (Wildman–Crippen MR) is 118 cm³/mol. The number of carboxylic acid groups (broad SMARTS) is 1. The van der Waals surface area contributed by atoms with Gasteiger partial charge in [0.25, 0.3) is 0 Å². The minimum absolute atomic E-state index is 0.0220. The Morgan fingerprint density at radius 2 is 1.81 bits per heavy atom. The van der Waals surface area contributed by atoms with E-state index in [1.807, 2.05) is 66.5 Å². The lowest BCUT2D eigenvalue weighted by molar-refractivity contribution is -0.165. The molecule has 0 radical (unpaired) electrons. The molecule has 2 aliphatic rings. The molecule has 4 rings (SSSR count). The van der Waals surface area contributed by atoms with Gasteiger partial charge in [0.2, 0.25) is 5.91 Å². The van der Waals surface area contributed by atoms with Gasteiger partial charge in [-0.25, -0.2) is 0 Å². The number of piperidine rings is 2. The average Bonchev–Trinajstić information content (AvgIpc) is 2.79. The Morgan fingerprint density at radius 3 is 2.58 bits per heavy atom. The quantitative estimate of drug-likeness (QED) is 0.774. The summed E-state index contributed by atoms with van der Waals surface area (Å²) in [6, 6.07) is 17.5. The summed E-state index contributed by atoms with van der Waals surface area (Å²) in [6.07, 6.45) is 2.34. The van der Waals surface area contributed by atoms with Gasteiger partial charge in [-0.3, -0.25) is 9.59 Å². The van der Waals surface area contributed by atoms with E-state index >= 15 is 0 Å². The molecule has 0 saturated carbocycles. The van der Waals surface area contributed by atoms with Crippen LogP contribution in [-0.2, 0) is 22.6 Å². The summed E-state index contributed by atoms with van der Waals surface area (Å²) in [6.45, 7) is 2.28. The molecule has 0 spiro atoms. The molecule has 2 aromatic carbocycles. The third-order valence-corrected chi connectivity index (χ3v) is 6.85. The Labute approximate surface area is 183 Å². The van der Waals surface area contributed by atoms with Crippen LogP contribution in [0.25, 0.3) is 0 Å². The zero-order chi connectivity index (χ0) is 21.8. The van der Waals surface area contributed by atoms with Crippen LogP contribution in [0.5, 0.6) is 5.75 Å². The van der Waals surface area contributed by atoms with E-state index < -0.39 is 11.4 Å². The van der Waals surface area contributed by atoms with Crippen LogP contribution in [-0.4, -0.2) is 59.5 Å². The van der Waals surface area contributed by atoms with Gasteiger partial charge in [0, 0.05) is 24.7 Å². The summed E-state index contributed by atoms with van der Waals surface area (Å²) in [5.41, 5.74) is 1.20. The number of rotatable bonds is 6. The molecule has 0 unspecified atom stereocenters. The van der Waals surface area contributed by atoms with E-state index in [0.717, 1.165) is 24.1 Å². The highest BCUT2D eigenvalue weighted by Gasteiger charge is 2.52. The van der Waals surface area contributed by atoms with Crippen LogP contribution in [0.2, 0.25) is 0 Å². The molecule has 2 atom stereocenters. The fourth-order valence-electron chi connectivity index (χ4n) is 5.01. The van der Waals surface area contributed by atoms with E-state index in [9.17, 15) is 14.7 Å². The molecule has 2 fully saturated rings. The number of benzene rings is 2. The number of hydrogen-bond donors (Lipinski definition) is 1. The van der Waals surface area contributed by atoms with Gasteiger partial charge in [0.05, 0.1) is 11.8 Å². The van der Waals surface area contributed by atoms with Crippen molar-refractivity contribution < 1.29 is 19.4 Å². The SMILES string of the molecule is CN1CCC[C@]2(C(=O)O)CCN(C(=O)Cc3ccccc3OCc3ccccc3)C[C@@H]12. The average molecular weight is 423 g/mol. The largest absolute Gasteiger partial charge is 0.489 e. The first-order chi connectivity index (χ1) is 15.0. The highest BCUT2D eigenvalue weighted by Crippen LogP contribution is 2.42. The first-order valence-corrected chi connectivity index (χ1v) is 11.0. The topological polar surface area (TPSA) is 70.1 Å². The number of nitrogens with zero attached hydrogens (tertiary/aromatic N) is 2. The monoisotopic (exact) mass is 422 g/mol. The molecule has 2 aliphatic heterocycles. The lowest BCUT2D eigenvalue weighted by Crippen LogP contribution is -2.63. The molecule has 1 amide bonds. The third kappa shape index (κ3) is 4.44. The van der Waals surface area contributed by atoms with Crippen LogP contribution in [0.4, 0.5) is 0 Å². The molecule has 0 aromatic heterocycles. The van der Waals surface area contributed by atoms with Gasteiger partial charge in [0.1, 0.15) is 12.4 Å². The molecule has 164 valence electrons. The van der Waals surface area contributed by atoms with Crippen molar-refractivity contribution in [3.8, 4) is 5.75 Å². The summed E-state index contributed by atoms with van der Waals surface area (Å²) in [4.78, 5) is 29.2. The molecule has 1 N–H and O–H groups in total. The summed E-state index contributed by atoms with van der Waals surface area (Å²) < 4.78 is 6.01. The molecule has 0 aliphatic carbocycles. The number of ether oxygens (including phenoxy) is 1. The van der Waals surface area contributed by atoms with Gasteiger partial charge in [-0.2, -0.15) is 0 Å². The summed E-state index contributed by atoms with van der Waals surface area (Å²) in [5, 5.41) is 9.94. The fraction of sp³-hybridized carbons (Fsp3) is 0.440. The number of likely N-dealkylation sites (tertiary alicyclic amines) is 2. The smallest absolute Gasteiger partial charge is 0.311 e. The van der Waals surface area contributed by atoms with Gasteiger partial charge >= 0.3 is 5.97 Å². The molecular formula is C25H30N2O4. The molecule has 6 heteroatoms. The van der Waals surface area contributed by atoms with Crippen molar-refractivity contribution in [1.82, 2.24) is 9.80 Å². The highest BCUT2D eigenvalue weighted by atomic mass is 16.5. The number of hydrogen-bond acceptors (Lipinski definition) is 4. The minimum Gasteiger partial charge on any atom is -0.489 e. The van der Waals surface area contributed by atoms with E-state index in [4.69, 9.17) is 4.74 Å². The van der Waals surface area contributed by atoms with Gasteiger partial charge in [-0.05, 0) is 44.5 Å². The Morgan fingerprint density at radius 1 is 1.06 bits per heavy atom. The number of para-hydroxylation sites is 1. The van der Waals surface area contributed by atoms with Crippen molar-refractivity contribution in [3.63, 3.8) is 0 Å². The molecule has 2 saturated heterocycles. The lowest BCUT2D eigenvalue weighted by Gasteiger charge is -2.51. The highest BCUT2D eigenvalue weighted by molar-refractivity contribution is 5.81. The van der Waals surface area contributed by atoms with E-state index in [1.54, 1.807) is 0 Å². The number of likely N-dealkylation sites (N-methyl/N-ethyl adjacent to an activating group) is 1. The van der Waals surface area contributed by atoms with Crippen LogP contribution >= 0.6 is 0 Å². The standard InChI is InChI=1S/C25H30N2O4/c1-26-14-7-12-25(24(29)30)13-15-27(17-22(25)26)23(28)16-20-10-5-6-11-21(20)31-18-19-8-3-2-4-9-19/h2-6,8-11,22H,7,12-18H2,1H3,(H,29,30)/t22-,25+/m1/s1. The lowest BCUT2D eigenvalue weighted by atomic mass is 9.68. The van der Waals surface area contributed by atoms with Gasteiger partial charge in [-0.1, -0.05) is 48.5 Å². The van der Waals surface area contributed by atoms with Crippen LogP contribution in [0.3, 0.4) is 0 Å². The fourth-order valence-corrected chi connectivity index (χ4v) is 5.01. The minimum atomic E-state index is -0.736. The van der Waals surface area contributed by atoms with Gasteiger partial charge < -0.3 is 19.6 Å². The Kier molecular flexibility index (Phi) is 6.28. The van der Waals surface area contributed by atoms with Crippen LogP contribution in [0.1, 0.15) is 30.4 Å². The van der Waals surface area contributed by atoms with Gasteiger partial charge in [-0.15, -0.1) is 0 Å². The Bertz CT molecular complexity index is 932. The second-order valence-electron chi connectivity index (χ2n) is 8.71. The maximum Gasteiger partial charge on any atom is 0.311 e. The number of carbonyl (C=O) groups is 2. The van der Waals surface area contributed by atoms with Crippen molar-refractivity contribution in [1.29, 1.82) is 0 Å². The molecule has 2 aromatic rings. The number of carboxylic acids is 1. The van der Waals surface area contributed by atoms with Crippen molar-refractivity contribution >= 4 is 11.9 Å². The Balaban J connectivity index is 1.44. The van der Waals surface area contributed by atoms with Crippen LogP contribution in [0.15, 0.2) is 54.6 Å². The van der Waals surface area contributed by atoms with Gasteiger partial charge in [0.15, 0.2) is 0 Å². The number of fused-ring (bicyclic) bond motifs is 1. The molecule has 2 heterocycles. The van der Waals surface area contributed by atoms with Crippen molar-refractivity contribution in [2.75, 3.05) is 26.7 Å². The molecule has 6 nitrogen and oxygen atoms in total. The normalized spacial score (nSPS) is 23.8. The van der Waals surface area contributed by atoms with E-state index in [2.05, 4.69) is 4.90 Å². The van der Waals surface area contributed by atoms with E-state index in [-0.39, 0.29) is 18.4 Å². The van der Waals surface area contributed by atoms with Crippen molar-refractivity contribution in [2.24, 2.45) is 5.41 Å². The van der Waals surface area contributed by atoms with Crippen molar-refractivity contribution in [3.05, 3.63) is 65.7 Å². The van der Waals surface area contributed by atoms with Crippen LogP contribution in [0, 0.1) is 5.41 Å². The number of aliphatic carboxylic acids is 1.